The predicted molar refractivity (Wildman–Crippen MR) is 98.8 cm³/mol. The molecule has 8 heteroatoms. The zero-order valence-corrected chi connectivity index (χ0v) is 15.9. The first-order valence-electron chi connectivity index (χ1n) is 8.93. The van der Waals surface area contributed by atoms with E-state index in [1.54, 1.807) is 28.0 Å². The first kappa shape index (κ1) is 17.8. The molecular formula is C18H21ClN2O4S. The van der Waals surface area contributed by atoms with Crippen LogP contribution in [0, 0.1) is 5.92 Å². The maximum atomic E-state index is 13.2. The number of anilines is 1. The highest BCUT2D eigenvalue weighted by molar-refractivity contribution is 7.91. The molecule has 1 aliphatic carbocycles. The van der Waals surface area contributed by atoms with Crippen LogP contribution in [0.25, 0.3) is 0 Å². The first-order chi connectivity index (χ1) is 12.4. The average molecular weight is 397 g/mol. The van der Waals surface area contributed by atoms with Crippen LogP contribution < -0.4 is 4.90 Å². The minimum Gasteiger partial charge on any atom is -0.335 e. The number of nitrogens with zero attached hydrogens (tertiary/aromatic N) is 2. The van der Waals surface area contributed by atoms with Crippen molar-refractivity contribution in [2.45, 2.75) is 37.8 Å². The van der Waals surface area contributed by atoms with Gasteiger partial charge in [0, 0.05) is 25.0 Å². The van der Waals surface area contributed by atoms with Crippen molar-refractivity contribution in [3.8, 4) is 0 Å². The molecule has 3 fully saturated rings. The van der Waals surface area contributed by atoms with Crippen LogP contribution in [0.15, 0.2) is 24.3 Å². The minimum absolute atomic E-state index is 0.0458. The van der Waals surface area contributed by atoms with Crippen molar-refractivity contribution in [3.63, 3.8) is 0 Å². The Hall–Kier alpha value is -1.60. The standard InChI is InChI=1S/C18H21ClN2O4S/c19-15-3-1-2-4-16(15)20-10-12(9-17(20)22)18(23)21(13-5-6-13)14-7-8-26(24,25)11-14/h1-4,12-14H,5-11H2. The van der Waals surface area contributed by atoms with Gasteiger partial charge in [-0.2, -0.15) is 0 Å². The third kappa shape index (κ3) is 3.34. The number of hydrogen-bond donors (Lipinski definition) is 0. The Bertz CT molecular complexity index is 853. The summed E-state index contributed by atoms with van der Waals surface area (Å²) < 4.78 is 23.7. The van der Waals surface area contributed by atoms with Gasteiger partial charge in [0.25, 0.3) is 0 Å². The molecule has 6 nitrogen and oxygen atoms in total. The van der Waals surface area contributed by atoms with E-state index in [-0.39, 0.29) is 41.8 Å². The number of carbonyl (C=O) groups excluding carboxylic acids is 2. The smallest absolute Gasteiger partial charge is 0.228 e. The van der Waals surface area contributed by atoms with Gasteiger partial charge in [0.15, 0.2) is 9.84 Å². The molecule has 3 aliphatic rings. The Morgan fingerprint density at radius 2 is 1.88 bits per heavy atom. The van der Waals surface area contributed by atoms with Crippen molar-refractivity contribution in [1.29, 1.82) is 0 Å². The number of hydrogen-bond acceptors (Lipinski definition) is 4. The molecular weight excluding hydrogens is 376 g/mol. The summed E-state index contributed by atoms with van der Waals surface area (Å²) in [6.45, 7) is 0.296. The van der Waals surface area contributed by atoms with Crippen molar-refractivity contribution < 1.29 is 18.0 Å². The molecule has 2 unspecified atom stereocenters. The van der Waals surface area contributed by atoms with Gasteiger partial charge in [0.2, 0.25) is 11.8 Å². The third-order valence-corrected chi connectivity index (χ3v) is 7.48. The molecule has 0 bridgehead atoms. The van der Waals surface area contributed by atoms with Gasteiger partial charge >= 0.3 is 0 Å². The normalized spacial score (nSPS) is 27.7. The molecule has 1 aromatic carbocycles. The molecule has 2 saturated heterocycles. The van der Waals surface area contributed by atoms with Gasteiger partial charge in [-0.25, -0.2) is 8.42 Å². The van der Waals surface area contributed by atoms with E-state index < -0.39 is 15.8 Å². The van der Waals surface area contributed by atoms with Crippen molar-refractivity contribution >= 4 is 38.9 Å². The average Bonchev–Trinajstić information content (AvgIpc) is 3.25. The monoisotopic (exact) mass is 396 g/mol. The van der Waals surface area contributed by atoms with Gasteiger partial charge in [-0.1, -0.05) is 23.7 Å². The molecule has 4 rings (SSSR count). The zero-order chi connectivity index (χ0) is 18.5. The van der Waals surface area contributed by atoms with E-state index in [0.29, 0.717) is 23.7 Å². The second-order valence-electron chi connectivity index (χ2n) is 7.39. The minimum atomic E-state index is -3.06. The fourth-order valence-corrected chi connectivity index (χ4v) is 5.94. The van der Waals surface area contributed by atoms with Crippen LogP contribution in [0.3, 0.4) is 0 Å². The number of amides is 2. The summed E-state index contributed by atoms with van der Waals surface area (Å²) in [5.74, 6) is -0.459. The van der Waals surface area contributed by atoms with Crippen LogP contribution in [-0.2, 0) is 19.4 Å². The molecule has 0 N–H and O–H groups in total. The number of halogens is 1. The Morgan fingerprint density at radius 3 is 2.50 bits per heavy atom. The molecule has 2 aliphatic heterocycles. The summed E-state index contributed by atoms with van der Waals surface area (Å²) in [7, 11) is -3.06. The molecule has 0 radical (unpaired) electrons. The second kappa shape index (κ2) is 6.53. The molecule has 0 spiro atoms. The summed E-state index contributed by atoms with van der Waals surface area (Å²) in [6, 6.07) is 6.98. The third-order valence-electron chi connectivity index (χ3n) is 5.41. The van der Waals surface area contributed by atoms with E-state index >= 15 is 0 Å². The SMILES string of the molecule is O=C1CC(C(=O)N(C2CC2)C2CCS(=O)(=O)C2)CN1c1ccccc1Cl. The van der Waals surface area contributed by atoms with Crippen LogP contribution in [0.2, 0.25) is 5.02 Å². The molecule has 140 valence electrons. The quantitative estimate of drug-likeness (QED) is 0.778. The zero-order valence-electron chi connectivity index (χ0n) is 14.3. The number of para-hydroxylation sites is 1. The van der Waals surface area contributed by atoms with Crippen molar-refractivity contribution in [2.24, 2.45) is 5.92 Å². The van der Waals surface area contributed by atoms with Crippen molar-refractivity contribution in [2.75, 3.05) is 23.0 Å². The Kier molecular flexibility index (Phi) is 4.47. The Balaban J connectivity index is 1.53. The lowest BCUT2D eigenvalue weighted by atomic mass is 10.0. The number of carbonyl (C=O) groups is 2. The van der Waals surface area contributed by atoms with E-state index in [1.165, 1.54) is 0 Å². The lowest BCUT2D eigenvalue weighted by molar-refractivity contribution is -0.138. The van der Waals surface area contributed by atoms with Crippen LogP contribution >= 0.6 is 11.6 Å². The van der Waals surface area contributed by atoms with Crippen molar-refractivity contribution in [1.82, 2.24) is 4.90 Å². The van der Waals surface area contributed by atoms with Crippen LogP contribution in [0.1, 0.15) is 25.7 Å². The van der Waals surface area contributed by atoms with Crippen LogP contribution in [0.5, 0.6) is 0 Å². The van der Waals surface area contributed by atoms with Gasteiger partial charge in [-0.3, -0.25) is 9.59 Å². The first-order valence-corrected chi connectivity index (χ1v) is 11.1. The predicted octanol–water partition coefficient (Wildman–Crippen LogP) is 1.87. The van der Waals surface area contributed by atoms with E-state index in [9.17, 15) is 18.0 Å². The second-order valence-corrected chi connectivity index (χ2v) is 10.0. The summed E-state index contributed by atoms with van der Waals surface area (Å²) in [5.41, 5.74) is 0.621. The summed E-state index contributed by atoms with van der Waals surface area (Å²) >= 11 is 6.20. The highest BCUT2D eigenvalue weighted by Crippen LogP contribution is 2.36. The van der Waals surface area contributed by atoms with E-state index in [0.717, 1.165) is 12.8 Å². The highest BCUT2D eigenvalue weighted by atomic mass is 35.5. The maximum absolute atomic E-state index is 13.2. The maximum Gasteiger partial charge on any atom is 0.228 e. The van der Waals surface area contributed by atoms with Gasteiger partial charge in [-0.15, -0.1) is 0 Å². The Labute approximate surface area is 158 Å². The van der Waals surface area contributed by atoms with Gasteiger partial charge in [-0.05, 0) is 31.4 Å². The topological polar surface area (TPSA) is 74.8 Å². The van der Waals surface area contributed by atoms with Gasteiger partial charge < -0.3 is 9.80 Å². The number of benzene rings is 1. The number of rotatable bonds is 4. The van der Waals surface area contributed by atoms with Crippen LogP contribution in [0.4, 0.5) is 5.69 Å². The molecule has 2 amide bonds. The molecule has 2 atom stereocenters. The fourth-order valence-electron chi connectivity index (χ4n) is 3.99. The summed E-state index contributed by atoms with van der Waals surface area (Å²) in [5, 5.41) is 0.481. The largest absolute Gasteiger partial charge is 0.335 e. The van der Waals surface area contributed by atoms with Crippen LogP contribution in [-0.4, -0.2) is 55.3 Å². The van der Waals surface area contributed by atoms with Gasteiger partial charge in [0.05, 0.1) is 28.1 Å². The lowest BCUT2D eigenvalue weighted by Gasteiger charge is -2.30. The molecule has 0 aromatic heterocycles. The van der Waals surface area contributed by atoms with E-state index in [4.69, 9.17) is 11.6 Å². The molecule has 26 heavy (non-hydrogen) atoms. The number of sulfone groups is 1. The highest BCUT2D eigenvalue weighted by Gasteiger charge is 2.46. The fraction of sp³-hybridized carbons (Fsp3) is 0.556. The molecule has 2 heterocycles. The summed E-state index contributed by atoms with van der Waals surface area (Å²) in [6.07, 6.45) is 2.47. The van der Waals surface area contributed by atoms with Crippen molar-refractivity contribution in [3.05, 3.63) is 29.3 Å². The van der Waals surface area contributed by atoms with Gasteiger partial charge in [0.1, 0.15) is 0 Å². The Morgan fingerprint density at radius 1 is 1.15 bits per heavy atom. The van der Waals surface area contributed by atoms with E-state index in [2.05, 4.69) is 0 Å². The lowest BCUT2D eigenvalue weighted by Crippen LogP contribution is -2.46. The molecule has 1 aromatic rings. The summed E-state index contributed by atoms with van der Waals surface area (Å²) in [4.78, 5) is 29.0. The molecule has 1 saturated carbocycles. The van der Waals surface area contributed by atoms with E-state index in [1.807, 2.05) is 6.07 Å².